The third-order valence-electron chi connectivity index (χ3n) is 7.20. The van der Waals surface area contributed by atoms with E-state index in [-0.39, 0.29) is 42.1 Å². The zero-order valence-corrected chi connectivity index (χ0v) is 23.8. The molecule has 0 bridgehead atoms. The molecule has 0 aliphatic carbocycles. The maximum atomic E-state index is 14.4. The quantitative estimate of drug-likeness (QED) is 0.265. The molecule has 0 saturated carbocycles. The Labute approximate surface area is 244 Å². The number of pyridine rings is 1. The van der Waals surface area contributed by atoms with Crippen LogP contribution in [0.1, 0.15) is 27.3 Å². The molecule has 13 heteroatoms. The molecular weight excluding hydrogens is 565 g/mol. The van der Waals surface area contributed by atoms with Gasteiger partial charge in [-0.2, -0.15) is 18.3 Å². The van der Waals surface area contributed by atoms with Crippen molar-refractivity contribution >= 4 is 22.5 Å². The molecule has 222 valence electrons. The van der Waals surface area contributed by atoms with Crippen LogP contribution in [0.5, 0.6) is 17.2 Å². The summed E-state index contributed by atoms with van der Waals surface area (Å²) in [7, 11) is 4.47. The van der Waals surface area contributed by atoms with Gasteiger partial charge in [0.2, 0.25) is 0 Å². The Hall–Kier alpha value is -5.07. The Balaban J connectivity index is 1.57. The highest BCUT2D eigenvalue weighted by molar-refractivity contribution is 6.13. The van der Waals surface area contributed by atoms with Gasteiger partial charge >= 0.3 is 6.18 Å². The fourth-order valence-electron chi connectivity index (χ4n) is 5.37. The first-order valence-electron chi connectivity index (χ1n) is 13.3. The van der Waals surface area contributed by atoms with E-state index in [1.165, 1.54) is 27.5 Å². The van der Waals surface area contributed by atoms with E-state index in [0.29, 0.717) is 39.3 Å². The molecule has 10 nitrogen and oxygen atoms in total. The predicted molar refractivity (Wildman–Crippen MR) is 152 cm³/mol. The van der Waals surface area contributed by atoms with Crippen LogP contribution in [0.25, 0.3) is 22.0 Å². The summed E-state index contributed by atoms with van der Waals surface area (Å²) in [6.07, 6.45) is 1.48. The highest BCUT2D eigenvalue weighted by Gasteiger charge is 2.39. The second-order valence-corrected chi connectivity index (χ2v) is 10.1. The fourth-order valence-corrected chi connectivity index (χ4v) is 5.37. The van der Waals surface area contributed by atoms with Crippen molar-refractivity contribution in [3.63, 3.8) is 0 Å². The number of halogens is 3. The number of ether oxygens (including phenoxy) is 3. The summed E-state index contributed by atoms with van der Waals surface area (Å²) in [5, 5.41) is 4.30. The van der Waals surface area contributed by atoms with Crippen molar-refractivity contribution in [3.05, 3.63) is 77.8 Å². The van der Waals surface area contributed by atoms with Crippen molar-refractivity contribution < 1.29 is 32.2 Å². The molecule has 1 amide bonds. The van der Waals surface area contributed by atoms with Crippen LogP contribution in [0.15, 0.2) is 55.2 Å². The number of aromatic nitrogens is 5. The van der Waals surface area contributed by atoms with Crippen molar-refractivity contribution in [1.29, 1.82) is 0 Å². The van der Waals surface area contributed by atoms with E-state index in [9.17, 15) is 18.0 Å². The molecule has 5 aromatic rings. The molecule has 0 N–H and O–H groups in total. The second-order valence-electron chi connectivity index (χ2n) is 10.1. The number of hydrogen-bond donors (Lipinski definition) is 0. The molecule has 0 saturated heterocycles. The van der Waals surface area contributed by atoms with Crippen molar-refractivity contribution in [2.45, 2.75) is 19.6 Å². The van der Waals surface area contributed by atoms with Gasteiger partial charge in [0.05, 0.1) is 38.3 Å². The summed E-state index contributed by atoms with van der Waals surface area (Å²) in [6.45, 7) is 2.22. The summed E-state index contributed by atoms with van der Waals surface area (Å²) in [5.41, 5.74) is 1.31. The number of benzene rings is 2. The highest BCUT2D eigenvalue weighted by Crippen LogP contribution is 2.44. The van der Waals surface area contributed by atoms with E-state index in [2.05, 4.69) is 15.1 Å². The molecule has 0 radical (unpaired) electrons. The third kappa shape index (κ3) is 5.11. The Morgan fingerprint density at radius 3 is 2.53 bits per heavy atom. The number of rotatable bonds is 6. The van der Waals surface area contributed by atoms with Gasteiger partial charge in [0.25, 0.3) is 5.91 Å². The molecule has 6 rings (SSSR count). The van der Waals surface area contributed by atoms with Crippen LogP contribution in [0.2, 0.25) is 0 Å². The maximum absolute atomic E-state index is 14.4. The summed E-state index contributed by atoms with van der Waals surface area (Å²) >= 11 is 0. The predicted octanol–water partition coefficient (Wildman–Crippen LogP) is 5.26. The Morgan fingerprint density at radius 1 is 1.05 bits per heavy atom. The zero-order valence-electron chi connectivity index (χ0n) is 23.8. The molecule has 4 heterocycles. The monoisotopic (exact) mass is 592 g/mol. The number of carbonyl (C=O) groups is 1. The van der Waals surface area contributed by atoms with Crippen LogP contribution in [0, 0.1) is 6.92 Å². The van der Waals surface area contributed by atoms with E-state index >= 15 is 0 Å². The van der Waals surface area contributed by atoms with Gasteiger partial charge in [-0.05, 0) is 36.8 Å². The fraction of sp³-hybridized carbons (Fsp3) is 0.267. The number of aryl methyl sites for hydroxylation is 2. The van der Waals surface area contributed by atoms with Crippen molar-refractivity contribution in [2.75, 3.05) is 32.3 Å². The molecule has 3 aromatic heterocycles. The zero-order chi connectivity index (χ0) is 30.5. The van der Waals surface area contributed by atoms with Gasteiger partial charge in [0, 0.05) is 60.5 Å². The van der Waals surface area contributed by atoms with Gasteiger partial charge in [-0.15, -0.1) is 0 Å². The minimum absolute atomic E-state index is 0.0260. The third-order valence-corrected chi connectivity index (χ3v) is 7.20. The Kier molecular flexibility index (Phi) is 6.95. The molecule has 0 fully saturated rings. The van der Waals surface area contributed by atoms with Crippen LogP contribution in [-0.2, 0) is 19.8 Å². The summed E-state index contributed by atoms with van der Waals surface area (Å²) < 4.78 is 62.3. The van der Waals surface area contributed by atoms with Gasteiger partial charge in [0.1, 0.15) is 29.4 Å². The van der Waals surface area contributed by atoms with E-state index in [4.69, 9.17) is 14.2 Å². The highest BCUT2D eigenvalue weighted by atomic mass is 19.4. The lowest BCUT2D eigenvalue weighted by atomic mass is 9.97. The lowest BCUT2D eigenvalue weighted by Gasteiger charge is -2.23. The number of methoxy groups -OCH3 is 2. The van der Waals surface area contributed by atoms with Crippen molar-refractivity contribution in [2.24, 2.45) is 7.05 Å². The number of alkyl halides is 3. The number of anilines is 1. The molecule has 1 aliphatic rings. The molecular formula is C30H27F3N6O4. The van der Waals surface area contributed by atoms with E-state index in [1.54, 1.807) is 58.5 Å². The number of hydrogen-bond acceptors (Lipinski definition) is 7. The van der Waals surface area contributed by atoms with Crippen LogP contribution in [0.3, 0.4) is 0 Å². The number of fused-ring (bicyclic) bond motifs is 2. The van der Waals surface area contributed by atoms with Gasteiger partial charge in [-0.1, -0.05) is 0 Å². The standard InChI is InChI=1S/C30H27F3N6O4/c1-17-9-24(21-12-19(41-3)13-25(42-4)26(21)35-17)39-7-8-43-27-20(23-15-37(2)36-28(23)30(31,32)33)10-18(11-22(27)29(39)40)14-38-6-5-34-16-38/h5-6,9-13,15-16H,7-8,14H2,1-4H3. The molecule has 0 unspecified atom stereocenters. The van der Waals surface area contributed by atoms with E-state index in [0.717, 1.165) is 4.68 Å². The molecule has 0 atom stereocenters. The van der Waals surface area contributed by atoms with Gasteiger partial charge in [-0.3, -0.25) is 9.48 Å². The SMILES string of the molecule is COc1cc(OC)c2nc(C)cc(N3CCOc4c(cc(Cn5ccnc5)cc4-c4cn(C)nc4C(F)(F)F)C3=O)c2c1. The maximum Gasteiger partial charge on any atom is 0.435 e. The topological polar surface area (TPSA) is 96.5 Å². The lowest BCUT2D eigenvalue weighted by molar-refractivity contribution is -0.141. The Morgan fingerprint density at radius 2 is 1.84 bits per heavy atom. The minimum Gasteiger partial charge on any atom is -0.497 e. The first-order chi connectivity index (χ1) is 20.6. The lowest BCUT2D eigenvalue weighted by Crippen LogP contribution is -2.32. The number of amides is 1. The number of carbonyl (C=O) groups excluding carboxylic acids is 1. The van der Waals surface area contributed by atoms with E-state index < -0.39 is 17.8 Å². The van der Waals surface area contributed by atoms with E-state index in [1.807, 2.05) is 6.92 Å². The summed E-state index contributed by atoms with van der Waals surface area (Å²) in [4.78, 5) is 24.7. The molecule has 43 heavy (non-hydrogen) atoms. The first-order valence-corrected chi connectivity index (χ1v) is 13.3. The number of imidazole rings is 1. The average molecular weight is 593 g/mol. The van der Waals surface area contributed by atoms with Crippen LogP contribution in [0.4, 0.5) is 18.9 Å². The van der Waals surface area contributed by atoms with Crippen molar-refractivity contribution in [1.82, 2.24) is 24.3 Å². The summed E-state index contributed by atoms with van der Waals surface area (Å²) in [6, 6.07) is 8.52. The second kappa shape index (κ2) is 10.6. The Bertz CT molecular complexity index is 1850. The average Bonchev–Trinajstić information content (AvgIpc) is 3.60. The normalized spacial score (nSPS) is 13.6. The molecule has 0 spiro atoms. The first kappa shape index (κ1) is 28.1. The largest absolute Gasteiger partial charge is 0.497 e. The van der Waals surface area contributed by atoms with Gasteiger partial charge in [0.15, 0.2) is 5.69 Å². The molecule has 1 aliphatic heterocycles. The molecule has 2 aromatic carbocycles. The van der Waals surface area contributed by atoms with Crippen LogP contribution in [-0.4, -0.2) is 57.6 Å². The van der Waals surface area contributed by atoms with Gasteiger partial charge < -0.3 is 23.7 Å². The van der Waals surface area contributed by atoms with Gasteiger partial charge in [-0.25, -0.2) is 9.97 Å². The number of nitrogens with zero attached hydrogens (tertiary/aromatic N) is 6. The van der Waals surface area contributed by atoms with Crippen LogP contribution >= 0.6 is 0 Å². The van der Waals surface area contributed by atoms with Crippen LogP contribution < -0.4 is 19.1 Å². The summed E-state index contributed by atoms with van der Waals surface area (Å²) in [5.74, 6) is 0.605. The van der Waals surface area contributed by atoms with Crippen molar-refractivity contribution in [3.8, 4) is 28.4 Å². The smallest absolute Gasteiger partial charge is 0.435 e. The minimum atomic E-state index is -4.73.